The van der Waals surface area contributed by atoms with Crippen LogP contribution in [0.4, 0.5) is 10.1 Å². The number of aromatic nitrogens is 1. The Bertz CT molecular complexity index is 1700. The molecule has 0 radical (unpaired) electrons. The first-order valence-electron chi connectivity index (χ1n) is 14.5. The number of fused-ring (bicyclic) bond motifs is 1. The second-order valence-corrected chi connectivity index (χ2v) is 13.5. The zero-order chi connectivity index (χ0) is 29.6. The summed E-state index contributed by atoms with van der Waals surface area (Å²) in [6, 6.07) is 10.4. The molecule has 8 nitrogen and oxygen atoms in total. The van der Waals surface area contributed by atoms with Crippen molar-refractivity contribution in [3.8, 4) is 0 Å². The fourth-order valence-corrected chi connectivity index (χ4v) is 7.87. The van der Waals surface area contributed by atoms with Crippen molar-refractivity contribution < 1.29 is 22.4 Å². The van der Waals surface area contributed by atoms with Crippen molar-refractivity contribution >= 4 is 39.0 Å². The van der Waals surface area contributed by atoms with Gasteiger partial charge in [0, 0.05) is 47.3 Å². The largest absolute Gasteiger partial charge is 0.358 e. The lowest BCUT2D eigenvalue weighted by Crippen LogP contribution is -2.42. The molecule has 2 aromatic carbocycles. The highest BCUT2D eigenvalue weighted by molar-refractivity contribution is 7.90. The van der Waals surface area contributed by atoms with Crippen LogP contribution in [0.5, 0.6) is 0 Å². The molecule has 1 aromatic heterocycles. The number of hydrogen-bond acceptors (Lipinski definition) is 5. The van der Waals surface area contributed by atoms with Crippen LogP contribution in [-0.4, -0.2) is 67.2 Å². The number of aromatic amines is 1. The Morgan fingerprint density at radius 3 is 2.60 bits per heavy atom. The van der Waals surface area contributed by atoms with Gasteiger partial charge in [0.05, 0.1) is 21.8 Å². The summed E-state index contributed by atoms with van der Waals surface area (Å²) in [6.45, 7) is 7.56. The molecule has 220 valence electrons. The number of carbonyl (C=O) groups excluding carboxylic acids is 2. The summed E-state index contributed by atoms with van der Waals surface area (Å²) in [6.07, 6.45) is 6.09. The number of carbonyl (C=O) groups is 2. The number of hydrogen-bond donors (Lipinski definition) is 2. The molecule has 4 heterocycles. The minimum atomic E-state index is -3.88. The van der Waals surface area contributed by atoms with Gasteiger partial charge in [-0.05, 0) is 88.5 Å². The Hall–Kier alpha value is -3.76. The topological polar surface area (TPSA) is 103 Å². The Labute approximate surface area is 245 Å². The van der Waals surface area contributed by atoms with Crippen LogP contribution in [0.1, 0.15) is 64.1 Å². The molecule has 42 heavy (non-hydrogen) atoms. The van der Waals surface area contributed by atoms with Crippen LogP contribution in [0.3, 0.4) is 0 Å². The van der Waals surface area contributed by atoms with E-state index in [1.807, 2.05) is 18.7 Å². The third-order valence-electron chi connectivity index (χ3n) is 8.72. The van der Waals surface area contributed by atoms with E-state index >= 15 is 0 Å². The number of likely N-dealkylation sites (tertiary alicyclic amines) is 2. The second kappa shape index (κ2) is 11.1. The number of rotatable bonds is 7. The third-order valence-corrected chi connectivity index (χ3v) is 10.4. The zero-order valence-electron chi connectivity index (χ0n) is 23.9. The Morgan fingerprint density at radius 2 is 1.83 bits per heavy atom. The lowest BCUT2D eigenvalue weighted by Gasteiger charge is -2.28. The summed E-state index contributed by atoms with van der Waals surface area (Å²) in [4.78, 5) is 34.6. The molecule has 2 N–H and O–H groups in total. The number of amides is 2. The van der Waals surface area contributed by atoms with Gasteiger partial charge in [0.1, 0.15) is 5.82 Å². The van der Waals surface area contributed by atoms with Crippen LogP contribution >= 0.6 is 0 Å². The summed E-state index contributed by atoms with van der Waals surface area (Å²) in [5.41, 5.74) is 4.05. The zero-order valence-corrected chi connectivity index (χ0v) is 24.7. The molecule has 3 aliphatic rings. The Kier molecular flexibility index (Phi) is 7.53. The highest BCUT2D eigenvalue weighted by atomic mass is 32.2. The van der Waals surface area contributed by atoms with Gasteiger partial charge in [0.2, 0.25) is 0 Å². The standard InChI is InChI=1S/C32H35FN4O4S/c1-20-29(34-21(2)30(20)32(39)37-15-7-9-23(37)18-36-13-5-6-14-36)17-26-25-16-24(11-12-28(25)35-31(26)38)42(40,41)19-22-8-3-4-10-27(22)33/h3-4,8,10-12,16-17,23,34H,5-7,9,13-15,18-19H2,1-2H3,(H,35,38)/t23-/m1/s1. The maximum atomic E-state index is 14.2. The molecule has 2 amide bonds. The number of sulfone groups is 1. The Balaban J connectivity index is 1.29. The van der Waals surface area contributed by atoms with Gasteiger partial charge in [-0.1, -0.05) is 18.2 Å². The summed E-state index contributed by atoms with van der Waals surface area (Å²) < 4.78 is 40.6. The minimum Gasteiger partial charge on any atom is -0.358 e. The molecule has 6 rings (SSSR count). The fourth-order valence-electron chi connectivity index (χ4n) is 6.49. The summed E-state index contributed by atoms with van der Waals surface area (Å²) in [5.74, 6) is -1.43. The van der Waals surface area contributed by atoms with Crippen LogP contribution in [-0.2, 0) is 20.4 Å². The fraction of sp³-hybridized carbons (Fsp3) is 0.375. The molecule has 1 atom stereocenters. The van der Waals surface area contributed by atoms with Crippen LogP contribution in [0.25, 0.3) is 11.6 Å². The van der Waals surface area contributed by atoms with Gasteiger partial charge < -0.3 is 20.1 Å². The molecular formula is C32H35FN4O4S. The third kappa shape index (κ3) is 5.29. The van der Waals surface area contributed by atoms with Crippen molar-refractivity contribution in [3.63, 3.8) is 0 Å². The molecule has 2 saturated heterocycles. The number of H-pyrrole nitrogens is 1. The van der Waals surface area contributed by atoms with E-state index in [2.05, 4.69) is 15.2 Å². The van der Waals surface area contributed by atoms with E-state index in [1.54, 1.807) is 18.2 Å². The van der Waals surface area contributed by atoms with Crippen molar-refractivity contribution in [3.05, 3.63) is 81.9 Å². The van der Waals surface area contributed by atoms with Gasteiger partial charge >= 0.3 is 0 Å². The van der Waals surface area contributed by atoms with Crippen molar-refractivity contribution in [2.24, 2.45) is 0 Å². The van der Waals surface area contributed by atoms with Crippen LogP contribution in [0, 0.1) is 19.7 Å². The number of aryl methyl sites for hydroxylation is 1. The smallest absolute Gasteiger partial charge is 0.256 e. The number of nitrogens with zero attached hydrogens (tertiary/aromatic N) is 2. The molecule has 0 spiro atoms. The monoisotopic (exact) mass is 590 g/mol. The van der Waals surface area contributed by atoms with E-state index < -0.39 is 21.4 Å². The molecule has 10 heteroatoms. The molecule has 3 aliphatic heterocycles. The van der Waals surface area contributed by atoms with E-state index in [1.165, 1.54) is 43.2 Å². The van der Waals surface area contributed by atoms with Crippen LogP contribution < -0.4 is 5.32 Å². The maximum Gasteiger partial charge on any atom is 0.256 e. The minimum absolute atomic E-state index is 0.000218. The quantitative estimate of drug-likeness (QED) is 0.380. The van der Waals surface area contributed by atoms with Gasteiger partial charge in [-0.3, -0.25) is 9.59 Å². The molecule has 0 bridgehead atoms. The van der Waals surface area contributed by atoms with E-state index in [-0.39, 0.29) is 28.3 Å². The lowest BCUT2D eigenvalue weighted by atomic mass is 10.0. The summed E-state index contributed by atoms with van der Waals surface area (Å²) in [7, 11) is -3.88. The molecular weight excluding hydrogens is 555 g/mol. The van der Waals surface area contributed by atoms with Crippen molar-refractivity contribution in [2.45, 2.75) is 56.2 Å². The predicted molar refractivity (Wildman–Crippen MR) is 160 cm³/mol. The SMILES string of the molecule is Cc1[nH]c(C=C2C(=O)Nc3ccc(S(=O)(=O)Cc4ccccc4F)cc32)c(C)c1C(=O)N1CCC[C@@H]1CN1CCCC1. The second-order valence-electron chi connectivity index (χ2n) is 11.5. The number of anilines is 1. The molecule has 2 fully saturated rings. The molecule has 0 aliphatic carbocycles. The summed E-state index contributed by atoms with van der Waals surface area (Å²) >= 11 is 0. The normalized spacial score (nSPS) is 20.0. The maximum absolute atomic E-state index is 14.2. The highest BCUT2D eigenvalue weighted by Crippen LogP contribution is 2.36. The predicted octanol–water partition coefficient (Wildman–Crippen LogP) is 4.94. The number of benzene rings is 2. The van der Waals surface area contributed by atoms with Gasteiger partial charge in [-0.15, -0.1) is 0 Å². The van der Waals surface area contributed by atoms with Gasteiger partial charge in [-0.2, -0.15) is 0 Å². The average Bonchev–Trinajstić information content (AvgIpc) is 3.74. The first kappa shape index (κ1) is 28.4. The van der Waals surface area contributed by atoms with Crippen molar-refractivity contribution in [1.29, 1.82) is 0 Å². The van der Waals surface area contributed by atoms with Crippen LogP contribution in [0.15, 0.2) is 47.4 Å². The molecule has 0 unspecified atom stereocenters. The average molecular weight is 591 g/mol. The van der Waals surface area contributed by atoms with Crippen molar-refractivity contribution in [1.82, 2.24) is 14.8 Å². The lowest BCUT2D eigenvalue weighted by molar-refractivity contribution is -0.110. The molecule has 3 aromatic rings. The van der Waals surface area contributed by atoms with E-state index in [4.69, 9.17) is 0 Å². The number of halogens is 1. The Morgan fingerprint density at radius 1 is 1.07 bits per heavy atom. The van der Waals surface area contributed by atoms with Gasteiger partial charge in [0.25, 0.3) is 11.8 Å². The first-order chi connectivity index (χ1) is 20.1. The van der Waals surface area contributed by atoms with Gasteiger partial charge in [0.15, 0.2) is 9.84 Å². The van der Waals surface area contributed by atoms with E-state index in [0.717, 1.165) is 50.3 Å². The van der Waals surface area contributed by atoms with E-state index in [0.29, 0.717) is 28.1 Å². The van der Waals surface area contributed by atoms with E-state index in [9.17, 15) is 22.4 Å². The first-order valence-corrected chi connectivity index (χ1v) is 16.1. The number of nitrogens with one attached hydrogen (secondary N) is 2. The summed E-state index contributed by atoms with van der Waals surface area (Å²) in [5, 5.41) is 2.80. The van der Waals surface area contributed by atoms with Crippen LogP contribution in [0.2, 0.25) is 0 Å². The highest BCUT2D eigenvalue weighted by Gasteiger charge is 2.34. The van der Waals surface area contributed by atoms with Crippen molar-refractivity contribution in [2.75, 3.05) is 31.5 Å². The van der Waals surface area contributed by atoms with Gasteiger partial charge in [-0.25, -0.2) is 12.8 Å². The molecule has 0 saturated carbocycles.